The van der Waals surface area contributed by atoms with Gasteiger partial charge in [0.1, 0.15) is 5.82 Å². The van der Waals surface area contributed by atoms with Crippen LogP contribution in [0.25, 0.3) is 70.5 Å². The van der Waals surface area contributed by atoms with E-state index in [0.29, 0.717) is 5.92 Å². The molecule has 2 aromatic heterocycles. The first-order chi connectivity index (χ1) is 21.2. The third-order valence-electron chi connectivity index (χ3n) is 8.41. The number of hydrogen-bond acceptors (Lipinski definition) is 2. The van der Waals surface area contributed by atoms with E-state index in [4.69, 9.17) is 4.98 Å². The molecule has 8 rings (SSSR count). The van der Waals surface area contributed by atoms with Crippen LogP contribution in [0, 0.1) is 0 Å². The summed E-state index contributed by atoms with van der Waals surface area (Å²) in [6.45, 7) is 4.56. The second-order valence-corrected chi connectivity index (χ2v) is 12.4. The maximum absolute atomic E-state index is 5.35. The molecule has 0 radical (unpaired) electrons. The second kappa shape index (κ2) is 10.4. The molecule has 43 heavy (non-hydrogen) atoms. The summed E-state index contributed by atoms with van der Waals surface area (Å²) in [4.78, 5) is 5.35. The zero-order chi connectivity index (χ0) is 28.9. The molecule has 0 bridgehead atoms. The molecule has 6 aromatic carbocycles. The van der Waals surface area contributed by atoms with Gasteiger partial charge in [0, 0.05) is 31.3 Å². The summed E-state index contributed by atoms with van der Waals surface area (Å²) in [7, 11) is 0. The lowest BCUT2D eigenvalue weighted by Crippen LogP contribution is -2.06. The summed E-state index contributed by atoms with van der Waals surface area (Å²) in [6, 6.07) is 50.2. The molecule has 0 aliphatic rings. The highest BCUT2D eigenvalue weighted by Crippen LogP contribution is 2.44. The van der Waals surface area contributed by atoms with Gasteiger partial charge in [-0.15, -0.1) is 11.3 Å². The Bertz CT molecular complexity index is 2260. The fourth-order valence-electron chi connectivity index (χ4n) is 6.35. The molecule has 0 amide bonds. The predicted octanol–water partition coefficient (Wildman–Crippen LogP) is 11.5. The van der Waals surface area contributed by atoms with Crippen molar-refractivity contribution in [1.29, 1.82) is 0 Å². The third-order valence-corrected chi connectivity index (χ3v) is 9.61. The summed E-state index contributed by atoms with van der Waals surface area (Å²) in [5.74, 6) is 1.32. The van der Waals surface area contributed by atoms with Gasteiger partial charge in [0.25, 0.3) is 0 Å². The Morgan fingerprint density at radius 2 is 1.28 bits per heavy atom. The van der Waals surface area contributed by atoms with Crippen LogP contribution in [0.1, 0.15) is 25.3 Å². The number of thiophene rings is 1. The number of fused-ring (bicyclic) bond motifs is 4. The topological polar surface area (TPSA) is 17.8 Å². The summed E-state index contributed by atoms with van der Waals surface area (Å²) >= 11 is 1.86. The number of nitrogens with zero attached hydrogens (tertiary/aromatic N) is 2. The van der Waals surface area contributed by atoms with Crippen LogP contribution < -0.4 is 0 Å². The number of aromatic nitrogens is 2. The first-order valence-corrected chi connectivity index (χ1v) is 15.7. The minimum Gasteiger partial charge on any atom is -0.291 e. The molecule has 0 fully saturated rings. The third kappa shape index (κ3) is 4.28. The summed E-state index contributed by atoms with van der Waals surface area (Å²) in [5, 5.41) is 2.56. The van der Waals surface area contributed by atoms with Crippen LogP contribution in [0.2, 0.25) is 0 Å². The van der Waals surface area contributed by atoms with Gasteiger partial charge >= 0.3 is 0 Å². The molecule has 2 heterocycles. The monoisotopic (exact) mass is 570 g/mol. The highest BCUT2D eigenvalue weighted by molar-refractivity contribution is 7.26. The highest BCUT2D eigenvalue weighted by Gasteiger charge is 2.23. The average molecular weight is 571 g/mol. The van der Waals surface area contributed by atoms with Gasteiger partial charge in [-0.1, -0.05) is 129 Å². The van der Waals surface area contributed by atoms with Crippen molar-refractivity contribution < 1.29 is 0 Å². The number of benzene rings is 6. The summed E-state index contributed by atoms with van der Waals surface area (Å²) in [5.41, 5.74) is 10.7. The molecule has 2 nitrogen and oxygen atoms in total. The smallest absolute Gasteiger partial charge is 0.147 e. The van der Waals surface area contributed by atoms with Crippen LogP contribution in [0.4, 0.5) is 0 Å². The van der Waals surface area contributed by atoms with E-state index in [0.717, 1.165) is 22.4 Å². The zero-order valence-electron chi connectivity index (χ0n) is 24.2. The predicted molar refractivity (Wildman–Crippen MR) is 184 cm³/mol. The fourth-order valence-corrected chi connectivity index (χ4v) is 7.60. The lowest BCUT2D eigenvalue weighted by molar-refractivity contribution is 0.851. The molecule has 0 spiro atoms. The normalized spacial score (nSPS) is 11.7. The van der Waals surface area contributed by atoms with Crippen molar-refractivity contribution in [3.8, 4) is 39.3 Å². The second-order valence-electron chi connectivity index (χ2n) is 11.4. The zero-order valence-corrected chi connectivity index (χ0v) is 25.0. The molecule has 0 aliphatic heterocycles. The van der Waals surface area contributed by atoms with Gasteiger partial charge < -0.3 is 0 Å². The van der Waals surface area contributed by atoms with E-state index < -0.39 is 0 Å². The van der Waals surface area contributed by atoms with Crippen LogP contribution in [0.15, 0.2) is 140 Å². The van der Waals surface area contributed by atoms with Crippen molar-refractivity contribution in [3.63, 3.8) is 0 Å². The molecule has 0 saturated heterocycles. The summed E-state index contributed by atoms with van der Waals surface area (Å²) in [6.07, 6.45) is 0. The van der Waals surface area contributed by atoms with Crippen LogP contribution in [0.5, 0.6) is 0 Å². The minimum atomic E-state index is 0.337. The van der Waals surface area contributed by atoms with Crippen molar-refractivity contribution in [1.82, 2.24) is 9.55 Å². The Morgan fingerprint density at radius 3 is 2.07 bits per heavy atom. The van der Waals surface area contributed by atoms with Crippen LogP contribution in [-0.2, 0) is 0 Å². The van der Waals surface area contributed by atoms with Gasteiger partial charge in [-0.2, -0.15) is 0 Å². The van der Waals surface area contributed by atoms with Gasteiger partial charge in [-0.3, -0.25) is 4.57 Å². The lowest BCUT2D eigenvalue weighted by Gasteiger charge is -2.21. The first-order valence-electron chi connectivity index (χ1n) is 14.8. The Balaban J connectivity index is 1.43. The van der Waals surface area contributed by atoms with Crippen LogP contribution in [0.3, 0.4) is 0 Å². The van der Waals surface area contributed by atoms with Gasteiger partial charge in [0.2, 0.25) is 0 Å². The van der Waals surface area contributed by atoms with Crippen LogP contribution >= 0.6 is 11.3 Å². The number of para-hydroxylation sites is 3. The molecular weight excluding hydrogens is 541 g/mol. The molecule has 206 valence electrons. The highest BCUT2D eigenvalue weighted by atomic mass is 32.1. The van der Waals surface area contributed by atoms with Crippen LogP contribution in [-0.4, -0.2) is 9.55 Å². The number of hydrogen-bond donors (Lipinski definition) is 0. The summed E-state index contributed by atoms with van der Waals surface area (Å²) < 4.78 is 4.98. The van der Waals surface area contributed by atoms with E-state index in [1.54, 1.807) is 0 Å². The maximum atomic E-state index is 5.35. The molecule has 3 heteroatoms. The SMILES string of the molecule is CC(C)c1cccc(-c2ccccc2)c1-n1c(-c2cccc3c2sc2cc(-c4ccccc4)ccc23)nc2ccccc21. The number of rotatable bonds is 5. The first kappa shape index (κ1) is 25.7. The fraction of sp³-hybridized carbons (Fsp3) is 0.0750. The lowest BCUT2D eigenvalue weighted by atomic mass is 9.93. The van der Waals surface area contributed by atoms with Gasteiger partial charge in [0.15, 0.2) is 0 Å². The molecule has 0 unspecified atom stereocenters. The van der Waals surface area contributed by atoms with E-state index in [1.165, 1.54) is 53.7 Å². The Hall–Kier alpha value is -4.99. The quantitative estimate of drug-likeness (QED) is 0.201. The molecular formula is C40H30N2S. The maximum Gasteiger partial charge on any atom is 0.147 e. The molecule has 8 aromatic rings. The molecule has 0 atom stereocenters. The van der Waals surface area contributed by atoms with Crippen molar-refractivity contribution in [2.24, 2.45) is 0 Å². The minimum absolute atomic E-state index is 0.337. The van der Waals surface area contributed by atoms with E-state index in [2.05, 4.69) is 158 Å². The molecule has 0 saturated carbocycles. The van der Waals surface area contributed by atoms with Crippen molar-refractivity contribution in [2.75, 3.05) is 0 Å². The van der Waals surface area contributed by atoms with Crippen molar-refractivity contribution >= 4 is 42.5 Å². The Morgan fingerprint density at radius 1 is 0.581 bits per heavy atom. The number of imidazole rings is 1. The van der Waals surface area contributed by atoms with E-state index in [1.807, 2.05) is 11.3 Å². The molecule has 0 N–H and O–H groups in total. The average Bonchev–Trinajstić information content (AvgIpc) is 3.63. The Kier molecular flexibility index (Phi) is 6.20. The van der Waals surface area contributed by atoms with Crippen molar-refractivity contribution in [2.45, 2.75) is 19.8 Å². The molecule has 0 aliphatic carbocycles. The van der Waals surface area contributed by atoms with Gasteiger partial charge in [-0.05, 0) is 52.4 Å². The van der Waals surface area contributed by atoms with E-state index >= 15 is 0 Å². The largest absolute Gasteiger partial charge is 0.291 e. The van der Waals surface area contributed by atoms with E-state index in [9.17, 15) is 0 Å². The van der Waals surface area contributed by atoms with Gasteiger partial charge in [0.05, 0.1) is 16.7 Å². The van der Waals surface area contributed by atoms with Crippen molar-refractivity contribution in [3.05, 3.63) is 145 Å². The standard InChI is InChI=1S/C40H30N2S/c1-26(2)30-17-11-18-31(28-15-7-4-8-16-28)38(30)42-36-22-10-9-21-35(36)41-40(42)34-20-12-19-33-32-24-23-29(25-37(32)43-39(33)34)27-13-5-3-6-14-27/h3-26H,1-2H3. The Labute approximate surface area is 255 Å². The van der Waals surface area contributed by atoms with Gasteiger partial charge in [-0.25, -0.2) is 4.98 Å². The van der Waals surface area contributed by atoms with E-state index in [-0.39, 0.29) is 0 Å².